The van der Waals surface area contributed by atoms with Gasteiger partial charge < -0.3 is 10.6 Å². The minimum absolute atomic E-state index is 0.154. The Bertz CT molecular complexity index is 892. The first kappa shape index (κ1) is 22.2. The first-order valence-electron chi connectivity index (χ1n) is 9.56. The molecule has 6 nitrogen and oxygen atoms in total. The second-order valence-electron chi connectivity index (χ2n) is 7.35. The molecule has 1 aromatic heterocycles. The Morgan fingerprint density at radius 3 is 2.50 bits per heavy atom. The van der Waals surface area contributed by atoms with Crippen LogP contribution in [0, 0.1) is 19.8 Å². The van der Waals surface area contributed by atoms with E-state index in [9.17, 15) is 22.8 Å². The molecule has 1 atom stereocenters. The molecular weight excluding hydrogens is 417 g/mol. The zero-order chi connectivity index (χ0) is 21.9. The van der Waals surface area contributed by atoms with E-state index in [4.69, 9.17) is 0 Å². The number of carbonyl (C=O) groups excluding carboxylic acids is 2. The molecule has 1 fully saturated rings. The average molecular weight is 440 g/mol. The van der Waals surface area contributed by atoms with Crippen molar-refractivity contribution < 1.29 is 22.8 Å². The number of halogens is 3. The van der Waals surface area contributed by atoms with E-state index in [1.54, 1.807) is 0 Å². The molecule has 10 heteroatoms. The minimum atomic E-state index is -4.41. The summed E-state index contributed by atoms with van der Waals surface area (Å²) in [4.78, 5) is 32.1. The van der Waals surface area contributed by atoms with E-state index in [2.05, 4.69) is 15.6 Å². The van der Waals surface area contributed by atoms with E-state index in [0.717, 1.165) is 29.1 Å². The van der Waals surface area contributed by atoms with Gasteiger partial charge in [0, 0.05) is 17.1 Å². The predicted molar refractivity (Wildman–Crippen MR) is 109 cm³/mol. The maximum atomic E-state index is 12.6. The molecule has 2 heterocycles. The van der Waals surface area contributed by atoms with Crippen LogP contribution in [-0.2, 0) is 15.8 Å². The standard InChI is InChI=1S/C20H23F3N4O2S/c1-12-13(2)30-19(24-12)26-17(28)11-27-9-3-4-14(10-27)18(29)25-16-7-5-15(6-8-16)20(21,22)23/h5-8,14H,3-4,9-11H2,1-2H3,(H,25,29)(H,24,26,28). The number of anilines is 2. The minimum Gasteiger partial charge on any atom is -0.326 e. The number of aromatic nitrogens is 1. The zero-order valence-electron chi connectivity index (χ0n) is 16.7. The topological polar surface area (TPSA) is 74.3 Å². The van der Waals surface area contributed by atoms with Gasteiger partial charge in [-0.2, -0.15) is 13.2 Å². The maximum absolute atomic E-state index is 12.6. The third kappa shape index (κ3) is 5.79. The molecule has 0 saturated carbocycles. The number of likely N-dealkylation sites (tertiary alicyclic amines) is 1. The summed E-state index contributed by atoms with van der Waals surface area (Å²) in [6.07, 6.45) is -2.99. The van der Waals surface area contributed by atoms with Gasteiger partial charge >= 0.3 is 6.18 Å². The molecule has 0 bridgehead atoms. The first-order valence-corrected chi connectivity index (χ1v) is 10.4. The van der Waals surface area contributed by atoms with Crippen molar-refractivity contribution in [3.8, 4) is 0 Å². The van der Waals surface area contributed by atoms with Gasteiger partial charge in [0.15, 0.2) is 5.13 Å². The van der Waals surface area contributed by atoms with Crippen LogP contribution in [-0.4, -0.2) is 41.3 Å². The Labute approximate surface area is 176 Å². The van der Waals surface area contributed by atoms with E-state index >= 15 is 0 Å². The molecule has 1 aliphatic heterocycles. The smallest absolute Gasteiger partial charge is 0.326 e. The molecule has 1 aromatic carbocycles. The number of carbonyl (C=O) groups is 2. The van der Waals surface area contributed by atoms with E-state index in [0.29, 0.717) is 30.3 Å². The highest BCUT2D eigenvalue weighted by Gasteiger charge is 2.30. The molecule has 2 aromatic rings. The van der Waals surface area contributed by atoms with Crippen molar-refractivity contribution in [2.75, 3.05) is 30.3 Å². The molecule has 3 rings (SSSR count). The van der Waals surface area contributed by atoms with Crippen LogP contribution < -0.4 is 10.6 Å². The van der Waals surface area contributed by atoms with Gasteiger partial charge in [-0.1, -0.05) is 0 Å². The van der Waals surface area contributed by atoms with Crippen LogP contribution in [0.25, 0.3) is 0 Å². The molecule has 0 radical (unpaired) electrons. The van der Waals surface area contributed by atoms with E-state index in [1.165, 1.54) is 23.5 Å². The normalized spacial score (nSPS) is 17.6. The second-order valence-corrected chi connectivity index (χ2v) is 8.55. The summed E-state index contributed by atoms with van der Waals surface area (Å²) in [6.45, 7) is 5.09. The van der Waals surface area contributed by atoms with Crippen molar-refractivity contribution in [1.82, 2.24) is 9.88 Å². The number of alkyl halides is 3. The lowest BCUT2D eigenvalue weighted by Gasteiger charge is -2.31. The highest BCUT2D eigenvalue weighted by molar-refractivity contribution is 7.15. The van der Waals surface area contributed by atoms with Gasteiger partial charge in [-0.15, -0.1) is 11.3 Å². The monoisotopic (exact) mass is 440 g/mol. The fourth-order valence-electron chi connectivity index (χ4n) is 3.29. The first-order chi connectivity index (χ1) is 14.1. The van der Waals surface area contributed by atoms with Gasteiger partial charge in [-0.05, 0) is 57.5 Å². The van der Waals surface area contributed by atoms with E-state index in [-0.39, 0.29) is 24.3 Å². The van der Waals surface area contributed by atoms with Gasteiger partial charge in [0.05, 0.1) is 23.7 Å². The number of benzene rings is 1. The van der Waals surface area contributed by atoms with Gasteiger partial charge in [-0.25, -0.2) is 4.98 Å². The number of nitrogens with one attached hydrogen (secondary N) is 2. The molecular formula is C20H23F3N4O2S. The van der Waals surface area contributed by atoms with Crippen LogP contribution in [0.3, 0.4) is 0 Å². The summed E-state index contributed by atoms with van der Waals surface area (Å²) >= 11 is 1.42. The van der Waals surface area contributed by atoms with Crippen molar-refractivity contribution in [2.24, 2.45) is 5.92 Å². The number of aryl methyl sites for hydroxylation is 2. The quantitative estimate of drug-likeness (QED) is 0.735. The predicted octanol–water partition coefficient (Wildman–Crippen LogP) is 4.07. The van der Waals surface area contributed by atoms with Gasteiger partial charge in [-0.3, -0.25) is 14.5 Å². The molecule has 2 amide bonds. The number of nitrogens with zero attached hydrogens (tertiary/aromatic N) is 2. The Balaban J connectivity index is 1.52. The summed E-state index contributed by atoms with van der Waals surface area (Å²) < 4.78 is 37.9. The zero-order valence-corrected chi connectivity index (χ0v) is 17.5. The molecule has 1 aliphatic rings. The second kappa shape index (κ2) is 9.13. The number of rotatable bonds is 5. The SMILES string of the molecule is Cc1nc(NC(=O)CN2CCCC(C(=O)Nc3ccc(C(F)(F)F)cc3)C2)sc1C. The number of hydrogen-bond acceptors (Lipinski definition) is 5. The summed E-state index contributed by atoms with van der Waals surface area (Å²) in [5, 5.41) is 6.02. The van der Waals surface area contributed by atoms with Gasteiger partial charge in [0.25, 0.3) is 0 Å². The number of thiazole rings is 1. The van der Waals surface area contributed by atoms with Crippen LogP contribution in [0.4, 0.5) is 24.0 Å². The number of amides is 2. The van der Waals surface area contributed by atoms with Gasteiger partial charge in [0.1, 0.15) is 0 Å². The van der Waals surface area contributed by atoms with Crippen molar-refractivity contribution >= 4 is 34.0 Å². The Hall–Kier alpha value is -2.46. The molecule has 1 unspecified atom stereocenters. The van der Waals surface area contributed by atoms with Gasteiger partial charge in [0.2, 0.25) is 11.8 Å². The molecule has 0 aliphatic carbocycles. The summed E-state index contributed by atoms with van der Waals surface area (Å²) in [7, 11) is 0. The van der Waals surface area contributed by atoms with Crippen molar-refractivity contribution in [1.29, 1.82) is 0 Å². The van der Waals surface area contributed by atoms with Crippen LogP contribution in [0.5, 0.6) is 0 Å². The number of piperidine rings is 1. The third-order valence-corrected chi connectivity index (χ3v) is 5.99. The van der Waals surface area contributed by atoms with Crippen LogP contribution in [0.15, 0.2) is 24.3 Å². The molecule has 1 saturated heterocycles. The lowest BCUT2D eigenvalue weighted by molar-refractivity contribution is -0.137. The molecule has 2 N–H and O–H groups in total. The van der Waals surface area contributed by atoms with E-state index < -0.39 is 11.7 Å². The summed E-state index contributed by atoms with van der Waals surface area (Å²) in [5.74, 6) is -0.781. The Morgan fingerprint density at radius 1 is 1.20 bits per heavy atom. The largest absolute Gasteiger partial charge is 0.416 e. The van der Waals surface area contributed by atoms with Crippen LogP contribution in [0.2, 0.25) is 0 Å². The fourth-order valence-corrected chi connectivity index (χ4v) is 4.12. The van der Waals surface area contributed by atoms with Crippen molar-refractivity contribution in [3.05, 3.63) is 40.4 Å². The summed E-state index contributed by atoms with van der Waals surface area (Å²) in [5.41, 5.74) is 0.437. The Kier molecular flexibility index (Phi) is 6.77. The fraction of sp³-hybridized carbons (Fsp3) is 0.450. The van der Waals surface area contributed by atoms with Crippen LogP contribution in [0.1, 0.15) is 29.0 Å². The van der Waals surface area contributed by atoms with Crippen LogP contribution >= 0.6 is 11.3 Å². The number of hydrogen-bond donors (Lipinski definition) is 2. The lowest BCUT2D eigenvalue weighted by atomic mass is 9.97. The molecule has 162 valence electrons. The maximum Gasteiger partial charge on any atom is 0.416 e. The highest BCUT2D eigenvalue weighted by atomic mass is 32.1. The van der Waals surface area contributed by atoms with E-state index in [1.807, 2.05) is 18.7 Å². The van der Waals surface area contributed by atoms with Crippen molar-refractivity contribution in [2.45, 2.75) is 32.9 Å². The lowest BCUT2D eigenvalue weighted by Crippen LogP contribution is -2.44. The Morgan fingerprint density at radius 2 is 1.90 bits per heavy atom. The highest BCUT2D eigenvalue weighted by Crippen LogP contribution is 2.30. The molecule has 30 heavy (non-hydrogen) atoms. The molecule has 0 spiro atoms. The summed E-state index contributed by atoms with van der Waals surface area (Å²) in [6, 6.07) is 4.36. The van der Waals surface area contributed by atoms with Crippen molar-refractivity contribution in [3.63, 3.8) is 0 Å². The third-order valence-electron chi connectivity index (χ3n) is 5.00. The average Bonchev–Trinajstić information content (AvgIpc) is 2.98.